The SMILES string of the molecule is Fc1ccc(COc2ccc(Br)c(F)c2)c(F)c1. The predicted octanol–water partition coefficient (Wildman–Crippen LogP) is 4.45. The molecule has 0 spiro atoms. The molecular formula is C13H8BrF3O. The van der Waals surface area contributed by atoms with Crippen molar-refractivity contribution in [1.82, 2.24) is 0 Å². The molecule has 0 aliphatic heterocycles. The molecule has 0 saturated carbocycles. The number of ether oxygens (including phenoxy) is 1. The zero-order chi connectivity index (χ0) is 13.1. The van der Waals surface area contributed by atoms with Gasteiger partial charge in [-0.1, -0.05) is 0 Å². The van der Waals surface area contributed by atoms with E-state index in [1.54, 1.807) is 6.07 Å². The van der Waals surface area contributed by atoms with E-state index in [1.165, 1.54) is 18.2 Å². The molecule has 0 aromatic heterocycles. The highest BCUT2D eigenvalue weighted by atomic mass is 79.9. The molecule has 2 rings (SSSR count). The Kier molecular flexibility index (Phi) is 3.91. The monoisotopic (exact) mass is 316 g/mol. The van der Waals surface area contributed by atoms with Gasteiger partial charge >= 0.3 is 0 Å². The second-order valence-electron chi connectivity index (χ2n) is 3.60. The highest BCUT2D eigenvalue weighted by molar-refractivity contribution is 9.10. The van der Waals surface area contributed by atoms with Crippen LogP contribution in [0.25, 0.3) is 0 Å². The normalized spacial score (nSPS) is 10.4. The van der Waals surface area contributed by atoms with E-state index in [9.17, 15) is 13.2 Å². The number of halogens is 4. The van der Waals surface area contributed by atoms with E-state index >= 15 is 0 Å². The van der Waals surface area contributed by atoms with Crippen LogP contribution in [0.4, 0.5) is 13.2 Å². The van der Waals surface area contributed by atoms with E-state index in [-0.39, 0.29) is 17.9 Å². The van der Waals surface area contributed by atoms with Crippen molar-refractivity contribution >= 4 is 15.9 Å². The minimum atomic E-state index is -0.687. The Morgan fingerprint density at radius 2 is 1.72 bits per heavy atom. The van der Waals surface area contributed by atoms with Gasteiger partial charge in [0.25, 0.3) is 0 Å². The van der Waals surface area contributed by atoms with Gasteiger partial charge in [0.1, 0.15) is 29.8 Å². The summed E-state index contributed by atoms with van der Waals surface area (Å²) < 4.78 is 44.7. The number of rotatable bonds is 3. The average Bonchev–Trinajstić information content (AvgIpc) is 2.32. The molecular weight excluding hydrogens is 309 g/mol. The second-order valence-corrected chi connectivity index (χ2v) is 4.45. The molecule has 94 valence electrons. The first kappa shape index (κ1) is 13.0. The molecule has 2 aromatic rings. The van der Waals surface area contributed by atoms with E-state index in [0.29, 0.717) is 4.47 Å². The maximum atomic E-state index is 13.3. The van der Waals surface area contributed by atoms with Crippen molar-refractivity contribution < 1.29 is 17.9 Å². The van der Waals surface area contributed by atoms with Crippen LogP contribution in [0.3, 0.4) is 0 Å². The molecule has 0 bridgehead atoms. The Bertz CT molecular complexity index is 572. The van der Waals surface area contributed by atoms with E-state index in [4.69, 9.17) is 4.74 Å². The molecule has 0 N–H and O–H groups in total. The smallest absolute Gasteiger partial charge is 0.141 e. The third-order valence-corrected chi connectivity index (χ3v) is 2.94. The first-order chi connectivity index (χ1) is 8.56. The molecule has 2 aromatic carbocycles. The Labute approximate surface area is 110 Å². The maximum Gasteiger partial charge on any atom is 0.141 e. The fourth-order valence-electron chi connectivity index (χ4n) is 1.37. The molecule has 0 fully saturated rings. The van der Waals surface area contributed by atoms with Gasteiger partial charge in [-0.2, -0.15) is 0 Å². The molecule has 1 nitrogen and oxygen atoms in total. The van der Waals surface area contributed by atoms with Gasteiger partial charge in [0.2, 0.25) is 0 Å². The minimum absolute atomic E-state index is 0.0901. The van der Waals surface area contributed by atoms with E-state index in [2.05, 4.69) is 15.9 Å². The summed E-state index contributed by atoms with van der Waals surface area (Å²) in [7, 11) is 0. The summed E-state index contributed by atoms with van der Waals surface area (Å²) in [5.74, 6) is -1.52. The molecule has 0 saturated heterocycles. The third kappa shape index (κ3) is 3.04. The molecule has 18 heavy (non-hydrogen) atoms. The largest absolute Gasteiger partial charge is 0.489 e. The summed E-state index contributed by atoms with van der Waals surface area (Å²) in [5, 5.41) is 0. The molecule has 5 heteroatoms. The fourth-order valence-corrected chi connectivity index (χ4v) is 1.61. The van der Waals surface area contributed by atoms with E-state index < -0.39 is 17.5 Å². The summed E-state index contributed by atoms with van der Waals surface area (Å²) in [6.07, 6.45) is 0. The molecule has 0 amide bonds. The van der Waals surface area contributed by atoms with Gasteiger partial charge in [0.15, 0.2) is 0 Å². The van der Waals surface area contributed by atoms with Gasteiger partial charge < -0.3 is 4.74 Å². The topological polar surface area (TPSA) is 9.23 Å². The summed E-state index contributed by atoms with van der Waals surface area (Å²) in [5.41, 5.74) is 0.208. The van der Waals surface area contributed by atoms with Crippen LogP contribution in [-0.4, -0.2) is 0 Å². The molecule has 0 atom stereocenters. The first-order valence-corrected chi connectivity index (χ1v) is 5.87. The van der Waals surface area contributed by atoms with Crippen molar-refractivity contribution in [2.24, 2.45) is 0 Å². The van der Waals surface area contributed by atoms with Gasteiger partial charge in [-0.05, 0) is 40.2 Å². The second kappa shape index (κ2) is 5.44. The highest BCUT2D eigenvalue weighted by Gasteiger charge is 2.06. The van der Waals surface area contributed by atoms with Crippen molar-refractivity contribution in [2.75, 3.05) is 0 Å². The minimum Gasteiger partial charge on any atom is -0.489 e. The summed E-state index contributed by atoms with van der Waals surface area (Å²) in [6, 6.07) is 7.44. The number of benzene rings is 2. The van der Waals surface area contributed by atoms with Crippen LogP contribution in [-0.2, 0) is 6.61 Å². The number of hydrogen-bond acceptors (Lipinski definition) is 1. The average molecular weight is 317 g/mol. The van der Waals surface area contributed by atoms with Crippen LogP contribution >= 0.6 is 15.9 Å². The van der Waals surface area contributed by atoms with Crippen molar-refractivity contribution in [1.29, 1.82) is 0 Å². The molecule has 0 aliphatic rings. The lowest BCUT2D eigenvalue weighted by Crippen LogP contribution is -1.99. The standard InChI is InChI=1S/C13H8BrF3O/c14-11-4-3-10(6-13(11)17)18-7-8-1-2-9(15)5-12(8)16/h1-6H,7H2. The Hall–Kier alpha value is -1.49. The summed E-state index contributed by atoms with van der Waals surface area (Å²) in [4.78, 5) is 0. The first-order valence-electron chi connectivity index (χ1n) is 5.08. The Balaban J connectivity index is 2.09. The lowest BCUT2D eigenvalue weighted by atomic mass is 10.2. The summed E-state index contributed by atoms with van der Waals surface area (Å²) >= 11 is 3.01. The molecule has 0 aliphatic carbocycles. The van der Waals surface area contributed by atoms with Gasteiger partial charge in [-0.15, -0.1) is 0 Å². The van der Waals surface area contributed by atoms with E-state index in [1.807, 2.05) is 0 Å². The maximum absolute atomic E-state index is 13.3. The highest BCUT2D eigenvalue weighted by Crippen LogP contribution is 2.22. The van der Waals surface area contributed by atoms with Crippen LogP contribution in [0.2, 0.25) is 0 Å². The van der Waals surface area contributed by atoms with Gasteiger partial charge in [0.05, 0.1) is 4.47 Å². The zero-order valence-corrected chi connectivity index (χ0v) is 10.7. The number of hydrogen-bond donors (Lipinski definition) is 0. The Morgan fingerprint density at radius 3 is 2.39 bits per heavy atom. The van der Waals surface area contributed by atoms with Crippen molar-refractivity contribution in [2.45, 2.75) is 6.61 Å². The van der Waals surface area contributed by atoms with Crippen LogP contribution in [0.5, 0.6) is 5.75 Å². The quantitative estimate of drug-likeness (QED) is 0.813. The molecule has 0 unspecified atom stereocenters. The van der Waals surface area contributed by atoms with Crippen LogP contribution in [0.1, 0.15) is 5.56 Å². The van der Waals surface area contributed by atoms with Crippen LogP contribution < -0.4 is 4.74 Å². The fraction of sp³-hybridized carbons (Fsp3) is 0.0769. The van der Waals surface area contributed by atoms with Crippen LogP contribution in [0, 0.1) is 17.5 Å². The lowest BCUT2D eigenvalue weighted by Gasteiger charge is -2.07. The van der Waals surface area contributed by atoms with Crippen molar-refractivity contribution in [3.63, 3.8) is 0 Å². The van der Waals surface area contributed by atoms with Gasteiger partial charge in [0, 0.05) is 17.7 Å². The van der Waals surface area contributed by atoms with Crippen molar-refractivity contribution in [3.05, 3.63) is 63.9 Å². The van der Waals surface area contributed by atoms with Gasteiger partial charge in [-0.25, -0.2) is 13.2 Å². The predicted molar refractivity (Wildman–Crippen MR) is 64.8 cm³/mol. The lowest BCUT2D eigenvalue weighted by molar-refractivity contribution is 0.298. The van der Waals surface area contributed by atoms with Crippen LogP contribution in [0.15, 0.2) is 40.9 Å². The van der Waals surface area contributed by atoms with E-state index in [0.717, 1.165) is 12.1 Å². The van der Waals surface area contributed by atoms with Crippen molar-refractivity contribution in [3.8, 4) is 5.75 Å². The van der Waals surface area contributed by atoms with Gasteiger partial charge in [-0.3, -0.25) is 0 Å². The third-order valence-electron chi connectivity index (χ3n) is 2.30. The molecule has 0 radical (unpaired) electrons. The molecule has 0 heterocycles. The summed E-state index contributed by atoms with van der Waals surface area (Å²) in [6.45, 7) is -0.0901. The zero-order valence-electron chi connectivity index (χ0n) is 9.09. The Morgan fingerprint density at radius 1 is 0.944 bits per heavy atom.